The lowest BCUT2D eigenvalue weighted by Crippen LogP contribution is -2.33. The Morgan fingerprint density at radius 3 is 2.23 bits per heavy atom. The van der Waals surface area contributed by atoms with Crippen molar-refractivity contribution < 1.29 is 28.1 Å². The van der Waals surface area contributed by atoms with Crippen LogP contribution in [0.4, 0.5) is 4.39 Å². The summed E-state index contributed by atoms with van der Waals surface area (Å²) in [5.74, 6) is -3.64. The molecule has 0 spiro atoms. The van der Waals surface area contributed by atoms with E-state index in [1.807, 2.05) is 0 Å². The van der Waals surface area contributed by atoms with Gasteiger partial charge in [-0.05, 0) is 41.6 Å². The van der Waals surface area contributed by atoms with Gasteiger partial charge in [-0.3, -0.25) is 9.59 Å². The minimum atomic E-state index is -1.14. The van der Waals surface area contributed by atoms with E-state index in [4.69, 9.17) is 9.36 Å². The molecule has 1 aliphatic rings. The van der Waals surface area contributed by atoms with Crippen LogP contribution < -0.4 is 0 Å². The van der Waals surface area contributed by atoms with Crippen molar-refractivity contribution in [3.63, 3.8) is 0 Å². The predicted molar refractivity (Wildman–Crippen MR) is 82.0 cm³/mol. The molecule has 1 aromatic heterocycles. The fourth-order valence-electron chi connectivity index (χ4n) is 2.39. The summed E-state index contributed by atoms with van der Waals surface area (Å²) in [4.78, 5) is 45.1. The molecule has 26 heavy (non-hydrogen) atoms. The number of fused-ring (bicyclic) bond motifs is 1. The first-order valence-electron chi connectivity index (χ1n) is 7.34. The summed E-state index contributed by atoms with van der Waals surface area (Å²) in [6.45, 7) is 0. The third-order valence-corrected chi connectivity index (χ3v) is 3.63. The van der Waals surface area contributed by atoms with E-state index in [9.17, 15) is 18.8 Å². The van der Waals surface area contributed by atoms with Crippen molar-refractivity contribution >= 4 is 17.8 Å². The third-order valence-electron chi connectivity index (χ3n) is 3.63. The lowest BCUT2D eigenvalue weighted by molar-refractivity contribution is -0.0594. The van der Waals surface area contributed by atoms with Crippen LogP contribution in [0.25, 0.3) is 11.5 Å². The van der Waals surface area contributed by atoms with E-state index in [0.717, 1.165) is 0 Å². The topological polar surface area (TPSA) is 103 Å². The van der Waals surface area contributed by atoms with Gasteiger partial charge in [0.15, 0.2) is 0 Å². The van der Waals surface area contributed by atoms with Gasteiger partial charge < -0.3 is 9.36 Å². The Bertz CT molecular complexity index is 1010. The van der Waals surface area contributed by atoms with Crippen molar-refractivity contribution in [2.24, 2.45) is 0 Å². The third kappa shape index (κ3) is 2.51. The molecule has 0 atom stereocenters. The van der Waals surface area contributed by atoms with Crippen LogP contribution in [0.5, 0.6) is 0 Å². The molecule has 128 valence electrons. The Morgan fingerprint density at radius 1 is 1.00 bits per heavy atom. The average Bonchev–Trinajstić information content (AvgIpc) is 3.23. The Kier molecular flexibility index (Phi) is 3.54. The first-order chi connectivity index (χ1) is 12.5. The molecular weight excluding hydrogens is 345 g/mol. The van der Waals surface area contributed by atoms with E-state index in [2.05, 4.69) is 10.1 Å². The highest BCUT2D eigenvalue weighted by Gasteiger charge is 2.39. The number of carbonyl (C=O) groups excluding carboxylic acids is 3. The minimum Gasteiger partial charge on any atom is -0.333 e. The van der Waals surface area contributed by atoms with Gasteiger partial charge in [0.2, 0.25) is 0 Å². The molecule has 0 saturated heterocycles. The molecule has 0 aliphatic carbocycles. The molecule has 2 amide bonds. The molecule has 3 aromatic rings. The van der Waals surface area contributed by atoms with Crippen LogP contribution in [0.1, 0.15) is 31.3 Å². The molecule has 0 saturated carbocycles. The molecular formula is C17H8FN3O5. The lowest BCUT2D eigenvalue weighted by Gasteiger charge is -2.10. The molecule has 4 rings (SSSR count). The van der Waals surface area contributed by atoms with Gasteiger partial charge in [0, 0.05) is 5.56 Å². The van der Waals surface area contributed by atoms with Gasteiger partial charge in [0.25, 0.3) is 23.5 Å². The average molecular weight is 353 g/mol. The second kappa shape index (κ2) is 5.88. The molecule has 2 heterocycles. The number of hydrogen-bond acceptors (Lipinski definition) is 7. The highest BCUT2D eigenvalue weighted by atomic mass is 19.1. The maximum absolute atomic E-state index is 12.9. The SMILES string of the molecule is O=C(ON1C(=O)c2ccccc2C1=O)c1noc(-c2ccc(F)cc2)n1. The maximum atomic E-state index is 12.9. The molecule has 8 nitrogen and oxygen atoms in total. The van der Waals surface area contributed by atoms with Crippen LogP contribution in [0.15, 0.2) is 53.1 Å². The number of halogens is 1. The van der Waals surface area contributed by atoms with E-state index in [1.165, 1.54) is 36.4 Å². The zero-order valence-corrected chi connectivity index (χ0v) is 12.9. The first-order valence-corrected chi connectivity index (χ1v) is 7.34. The number of benzene rings is 2. The monoisotopic (exact) mass is 353 g/mol. The molecule has 9 heteroatoms. The summed E-state index contributed by atoms with van der Waals surface area (Å²) >= 11 is 0. The van der Waals surface area contributed by atoms with Gasteiger partial charge in [0.1, 0.15) is 5.82 Å². The number of carbonyl (C=O) groups is 3. The fraction of sp³-hybridized carbons (Fsp3) is 0. The molecule has 0 fully saturated rings. The number of hydrogen-bond donors (Lipinski definition) is 0. The first kappa shape index (κ1) is 15.6. The smallest absolute Gasteiger partial charge is 0.333 e. The molecule has 1 aliphatic heterocycles. The standard InChI is InChI=1S/C17H8FN3O5/c18-10-7-5-9(6-8-10)14-19-13(20-25-14)17(24)26-21-15(22)11-3-1-2-4-12(11)16(21)23/h1-8H. The molecule has 2 aromatic carbocycles. The number of nitrogens with zero attached hydrogens (tertiary/aromatic N) is 3. The summed E-state index contributed by atoms with van der Waals surface area (Å²) < 4.78 is 17.9. The Morgan fingerprint density at radius 2 is 1.62 bits per heavy atom. The second-order valence-electron chi connectivity index (χ2n) is 5.26. The van der Waals surface area contributed by atoms with E-state index < -0.39 is 29.4 Å². The zero-order chi connectivity index (χ0) is 18.3. The number of imide groups is 1. The van der Waals surface area contributed by atoms with Crippen LogP contribution >= 0.6 is 0 Å². The normalized spacial score (nSPS) is 13.0. The quantitative estimate of drug-likeness (QED) is 0.665. The lowest BCUT2D eigenvalue weighted by atomic mass is 10.1. The van der Waals surface area contributed by atoms with Gasteiger partial charge in [0.05, 0.1) is 11.1 Å². The molecule has 0 bridgehead atoms. The van der Waals surface area contributed by atoms with Crippen molar-refractivity contribution in [3.05, 3.63) is 71.3 Å². The summed E-state index contributed by atoms with van der Waals surface area (Å²) in [6.07, 6.45) is 0. The summed E-state index contributed by atoms with van der Waals surface area (Å²) in [7, 11) is 0. The fourth-order valence-corrected chi connectivity index (χ4v) is 2.39. The van der Waals surface area contributed by atoms with Crippen molar-refractivity contribution in [2.75, 3.05) is 0 Å². The molecule has 0 radical (unpaired) electrons. The van der Waals surface area contributed by atoms with Crippen molar-refractivity contribution in [3.8, 4) is 11.5 Å². The van der Waals surface area contributed by atoms with Crippen LogP contribution in [0.2, 0.25) is 0 Å². The van der Waals surface area contributed by atoms with E-state index in [-0.39, 0.29) is 17.0 Å². The predicted octanol–water partition coefficient (Wildman–Crippen LogP) is 2.24. The van der Waals surface area contributed by atoms with Crippen molar-refractivity contribution in [1.29, 1.82) is 0 Å². The Labute approximate surface area is 144 Å². The minimum absolute atomic E-state index is 0.0423. The van der Waals surface area contributed by atoms with E-state index in [0.29, 0.717) is 10.6 Å². The van der Waals surface area contributed by atoms with Gasteiger partial charge in [-0.25, -0.2) is 9.18 Å². The maximum Gasteiger partial charge on any atom is 0.404 e. The Balaban J connectivity index is 1.54. The van der Waals surface area contributed by atoms with Gasteiger partial charge >= 0.3 is 5.97 Å². The van der Waals surface area contributed by atoms with Gasteiger partial charge in [-0.1, -0.05) is 17.2 Å². The van der Waals surface area contributed by atoms with Gasteiger partial charge in [-0.15, -0.1) is 0 Å². The second-order valence-corrected chi connectivity index (χ2v) is 5.26. The van der Waals surface area contributed by atoms with E-state index >= 15 is 0 Å². The highest BCUT2D eigenvalue weighted by molar-refractivity contribution is 6.21. The van der Waals surface area contributed by atoms with Crippen LogP contribution in [0.3, 0.4) is 0 Å². The largest absolute Gasteiger partial charge is 0.404 e. The van der Waals surface area contributed by atoms with Gasteiger partial charge in [-0.2, -0.15) is 4.98 Å². The van der Waals surface area contributed by atoms with Crippen molar-refractivity contribution in [1.82, 2.24) is 15.2 Å². The number of hydroxylamine groups is 2. The zero-order valence-electron chi connectivity index (χ0n) is 12.9. The highest BCUT2D eigenvalue weighted by Crippen LogP contribution is 2.23. The van der Waals surface area contributed by atoms with E-state index in [1.54, 1.807) is 12.1 Å². The van der Waals surface area contributed by atoms with Crippen LogP contribution in [-0.4, -0.2) is 33.0 Å². The van der Waals surface area contributed by atoms with Crippen LogP contribution in [-0.2, 0) is 4.84 Å². The number of aromatic nitrogens is 2. The summed E-state index contributed by atoms with van der Waals surface area (Å²) in [5.41, 5.74) is 0.648. The van der Waals surface area contributed by atoms with Crippen molar-refractivity contribution in [2.45, 2.75) is 0 Å². The summed E-state index contributed by atoms with van der Waals surface area (Å²) in [5, 5.41) is 3.80. The Hall–Kier alpha value is -3.88. The number of rotatable bonds is 3. The number of amides is 2. The molecule has 0 unspecified atom stereocenters. The van der Waals surface area contributed by atoms with Crippen LogP contribution in [0, 0.1) is 5.82 Å². The summed E-state index contributed by atoms with van der Waals surface area (Å²) in [6, 6.07) is 11.2. The molecule has 0 N–H and O–H groups in total.